The number of nitrogen functional groups attached to an aromatic ring is 1. The predicted molar refractivity (Wildman–Crippen MR) is 245 cm³/mol. The van der Waals surface area contributed by atoms with Gasteiger partial charge in [-0.15, -0.1) is 10.2 Å². The number of carbonyl (C=O) groups excluding carboxylic acids is 5. The second-order valence-electron chi connectivity index (χ2n) is 15.7. The average Bonchev–Trinajstić information content (AvgIpc) is 3.98. The van der Waals surface area contributed by atoms with Crippen LogP contribution in [-0.2, 0) is 35.1 Å². The Labute approximate surface area is 383 Å². The van der Waals surface area contributed by atoms with Gasteiger partial charge in [-0.2, -0.15) is 0 Å². The van der Waals surface area contributed by atoms with Gasteiger partial charge in [-0.25, -0.2) is 0 Å². The number of aromatic nitrogens is 3. The van der Waals surface area contributed by atoms with Crippen molar-refractivity contribution >= 4 is 79.2 Å². The number of ether oxygens (including phenoxy) is 4. The maximum atomic E-state index is 13.2. The first-order valence-electron chi connectivity index (χ1n) is 21.4. The van der Waals surface area contributed by atoms with Crippen molar-refractivity contribution in [2.45, 2.75) is 50.7 Å². The molecule has 0 saturated carbocycles. The van der Waals surface area contributed by atoms with E-state index in [-0.39, 0.29) is 67.9 Å². The number of anilines is 2. The summed E-state index contributed by atoms with van der Waals surface area (Å²) in [6, 6.07) is 18.2. The molecule has 3 aliphatic rings. The smallest absolute Gasteiger partial charge is 0.266 e. The van der Waals surface area contributed by atoms with Gasteiger partial charge in [-0.05, 0) is 54.7 Å². The summed E-state index contributed by atoms with van der Waals surface area (Å²) in [6.07, 6.45) is 4.20. The van der Waals surface area contributed by atoms with Crippen LogP contribution in [0.1, 0.15) is 70.0 Å². The van der Waals surface area contributed by atoms with E-state index in [1.807, 2.05) is 23.1 Å². The third kappa shape index (κ3) is 10.5. The van der Waals surface area contributed by atoms with E-state index >= 15 is 0 Å². The molecule has 2 aromatic heterocycles. The van der Waals surface area contributed by atoms with Gasteiger partial charge < -0.3 is 45.2 Å². The first-order chi connectivity index (χ1) is 31.5. The van der Waals surface area contributed by atoms with E-state index in [2.05, 4.69) is 55.9 Å². The number of piperidine rings is 2. The Kier molecular flexibility index (Phi) is 14.4. The number of benzene rings is 3. The molecule has 0 spiro atoms. The van der Waals surface area contributed by atoms with Crippen molar-refractivity contribution in [2.24, 2.45) is 5.73 Å². The molecule has 340 valence electrons. The highest BCUT2D eigenvalue weighted by molar-refractivity contribution is 7.80. The first kappa shape index (κ1) is 45.3. The van der Waals surface area contributed by atoms with Gasteiger partial charge in [0, 0.05) is 60.3 Å². The molecule has 6 N–H and O–H groups in total. The van der Waals surface area contributed by atoms with Crippen molar-refractivity contribution in [3.05, 3.63) is 89.1 Å². The molecule has 1 unspecified atom stereocenters. The van der Waals surface area contributed by atoms with Crippen LogP contribution in [0.2, 0.25) is 0 Å². The van der Waals surface area contributed by atoms with Gasteiger partial charge in [0.1, 0.15) is 23.4 Å². The van der Waals surface area contributed by atoms with Crippen molar-refractivity contribution in [1.82, 2.24) is 29.9 Å². The third-order valence-electron chi connectivity index (χ3n) is 11.6. The largest absolute Gasteiger partial charge is 0.490 e. The molecule has 20 heteroatoms. The number of likely N-dealkylation sites (tertiary alicyclic amines) is 1. The number of carbonyl (C=O) groups is 5. The Bertz CT molecular complexity index is 2610. The Morgan fingerprint density at radius 3 is 2.32 bits per heavy atom. The van der Waals surface area contributed by atoms with Gasteiger partial charge in [0.2, 0.25) is 28.0 Å². The molecule has 2 saturated heterocycles. The highest BCUT2D eigenvalue weighted by Crippen LogP contribution is 2.37. The normalized spacial score (nSPS) is 16.6. The second kappa shape index (κ2) is 20.7. The number of nitrogens with zero attached hydrogens (tertiary/aromatic N) is 5. The molecule has 0 bridgehead atoms. The molecule has 18 nitrogen and oxygen atoms in total. The number of imide groups is 2. The fraction of sp³-hybridized carbons (Fsp3) is 0.378. The molecule has 3 aliphatic heterocycles. The number of nitrogens with two attached hydrogens (primary N) is 2. The number of amides is 5. The van der Waals surface area contributed by atoms with Gasteiger partial charge in [0.15, 0.2) is 0 Å². The van der Waals surface area contributed by atoms with E-state index in [0.29, 0.717) is 61.3 Å². The molecular formula is C45H49N9O9S2. The maximum absolute atomic E-state index is 13.2. The molecular weight excluding hydrogens is 875 g/mol. The van der Waals surface area contributed by atoms with Crippen molar-refractivity contribution in [2.75, 3.05) is 70.4 Å². The summed E-state index contributed by atoms with van der Waals surface area (Å²) in [5, 5.41) is 15.7. The van der Waals surface area contributed by atoms with E-state index < -0.39 is 29.7 Å². The lowest BCUT2D eigenvalue weighted by Gasteiger charge is -2.33. The number of hydrogen-bond acceptors (Lipinski definition) is 15. The summed E-state index contributed by atoms with van der Waals surface area (Å²) in [4.78, 5) is 66.6. The second-order valence-corrected chi connectivity index (χ2v) is 17.2. The van der Waals surface area contributed by atoms with Crippen LogP contribution in [-0.4, -0.2) is 124 Å². The van der Waals surface area contributed by atoms with E-state index in [0.717, 1.165) is 50.9 Å². The number of thiocarbonyl (C=S) groups is 1. The minimum Gasteiger partial charge on any atom is -0.490 e. The zero-order valence-corrected chi connectivity index (χ0v) is 37.1. The number of hydrogen-bond donors (Lipinski definition) is 4. The van der Waals surface area contributed by atoms with Crippen LogP contribution in [0.25, 0.3) is 22.0 Å². The van der Waals surface area contributed by atoms with Crippen LogP contribution in [0.15, 0.2) is 66.9 Å². The molecule has 8 rings (SSSR count). The zero-order valence-electron chi connectivity index (χ0n) is 35.5. The fourth-order valence-corrected chi connectivity index (χ4v) is 8.96. The standard InChI is InChI=1S/C45H49N9O9S2/c46-40(64)29-4-1-3-28(24-29)33-26-53(35-23-27(7-8-31(33)35)25-48-45-51-50-44(47)65-45)30-11-14-52(15-12-30)38(56)13-16-60-17-18-61-19-20-62-21-22-63-36-6-2-5-32-39(36)43(59)54(42(32)58)34-9-10-37(55)49-41(34)57/h1-8,23-24,26,30,34H,9-22,25H2,(H2,46,64)(H2,47,50)(H,48,51)(H,49,55,57). The van der Waals surface area contributed by atoms with Gasteiger partial charge in [-0.1, -0.05) is 60.0 Å². The summed E-state index contributed by atoms with van der Waals surface area (Å²) in [6.45, 7) is 3.70. The maximum Gasteiger partial charge on any atom is 0.266 e. The molecule has 2 fully saturated rings. The first-order valence-corrected chi connectivity index (χ1v) is 22.6. The molecule has 0 aliphatic carbocycles. The lowest BCUT2D eigenvalue weighted by molar-refractivity contribution is -0.136. The van der Waals surface area contributed by atoms with Crippen LogP contribution < -0.4 is 26.8 Å². The van der Waals surface area contributed by atoms with Crippen molar-refractivity contribution in [1.29, 1.82) is 0 Å². The topological polar surface area (TPSA) is 236 Å². The summed E-state index contributed by atoms with van der Waals surface area (Å²) in [7, 11) is 0. The quantitative estimate of drug-likeness (QED) is 0.0489. The monoisotopic (exact) mass is 923 g/mol. The van der Waals surface area contributed by atoms with Crippen molar-refractivity contribution < 1.29 is 42.9 Å². The molecule has 3 aromatic carbocycles. The van der Waals surface area contributed by atoms with E-state index in [4.69, 9.17) is 42.6 Å². The Morgan fingerprint density at radius 2 is 1.60 bits per heavy atom. The molecule has 1 atom stereocenters. The van der Waals surface area contributed by atoms with Crippen molar-refractivity contribution in [3.8, 4) is 16.9 Å². The van der Waals surface area contributed by atoms with E-state index in [1.54, 1.807) is 12.1 Å². The summed E-state index contributed by atoms with van der Waals surface area (Å²) < 4.78 is 25.0. The van der Waals surface area contributed by atoms with Crippen LogP contribution in [0.3, 0.4) is 0 Å². The van der Waals surface area contributed by atoms with Gasteiger partial charge >= 0.3 is 0 Å². The van der Waals surface area contributed by atoms with Gasteiger partial charge in [0.05, 0.1) is 57.2 Å². The SMILES string of the molecule is NC(=S)c1cccc(-c2cn(C3CCN(C(=O)CCOCCOCCOCCOc4cccc5c4C(=O)N(C4CCC(=O)NC4=O)C5=O)CC3)c3cc(CNc4nnc(N)s4)ccc23)c1. The zero-order chi connectivity index (χ0) is 45.5. The third-order valence-corrected chi connectivity index (χ3v) is 12.5. The summed E-state index contributed by atoms with van der Waals surface area (Å²) in [5.41, 5.74) is 17.1. The minimum atomic E-state index is -1.06. The Balaban J connectivity index is 0.735. The van der Waals surface area contributed by atoms with Crippen LogP contribution in [0.4, 0.5) is 10.3 Å². The summed E-state index contributed by atoms with van der Waals surface area (Å²) in [5.74, 6) is -2.07. The highest BCUT2D eigenvalue weighted by atomic mass is 32.1. The Hall–Kier alpha value is -6.32. The van der Waals surface area contributed by atoms with Crippen molar-refractivity contribution in [3.63, 3.8) is 0 Å². The molecule has 5 amide bonds. The molecule has 5 heterocycles. The molecule has 5 aromatic rings. The number of fused-ring (bicyclic) bond motifs is 2. The van der Waals surface area contributed by atoms with Crippen LogP contribution in [0, 0.1) is 0 Å². The molecule has 0 radical (unpaired) electrons. The fourth-order valence-electron chi connectivity index (χ4n) is 8.33. The molecule has 65 heavy (non-hydrogen) atoms. The summed E-state index contributed by atoms with van der Waals surface area (Å²) >= 11 is 6.58. The minimum absolute atomic E-state index is 0.0384. The lowest BCUT2D eigenvalue weighted by Crippen LogP contribution is -2.54. The van der Waals surface area contributed by atoms with Crippen LogP contribution >= 0.6 is 23.6 Å². The number of nitrogens with one attached hydrogen (secondary N) is 2. The van der Waals surface area contributed by atoms with E-state index in [1.165, 1.54) is 17.4 Å². The Morgan fingerprint density at radius 1 is 0.862 bits per heavy atom. The highest BCUT2D eigenvalue weighted by Gasteiger charge is 2.46. The van der Waals surface area contributed by atoms with Gasteiger partial charge in [0.25, 0.3) is 11.8 Å². The van der Waals surface area contributed by atoms with E-state index in [9.17, 15) is 24.0 Å². The van der Waals surface area contributed by atoms with Gasteiger partial charge in [-0.3, -0.25) is 34.2 Å². The van der Waals surface area contributed by atoms with Crippen LogP contribution in [0.5, 0.6) is 5.75 Å². The number of rotatable bonds is 20. The lowest BCUT2D eigenvalue weighted by atomic mass is 10.0. The predicted octanol–water partition coefficient (Wildman–Crippen LogP) is 4.07. The average molecular weight is 924 g/mol.